The molecule has 0 aliphatic rings. The first-order valence-corrected chi connectivity index (χ1v) is 11.1. The van der Waals surface area contributed by atoms with Crippen molar-refractivity contribution >= 4 is 27.5 Å². The van der Waals surface area contributed by atoms with Crippen molar-refractivity contribution in [2.45, 2.75) is 33.4 Å². The third kappa shape index (κ3) is 4.31. The molecule has 1 atom stereocenters. The van der Waals surface area contributed by atoms with Crippen molar-refractivity contribution in [2.24, 2.45) is 0 Å². The Balaban J connectivity index is 1.61. The quantitative estimate of drug-likeness (QED) is 0.435. The van der Waals surface area contributed by atoms with Gasteiger partial charge in [-0.2, -0.15) is 10.1 Å². The molecule has 0 fully saturated rings. The molecule has 0 saturated carbocycles. The maximum Gasteiger partial charge on any atom is 0.262 e. The average molecular weight is 470 g/mol. The number of carbonyl (C=O) groups is 1. The van der Waals surface area contributed by atoms with Crippen molar-refractivity contribution in [1.29, 1.82) is 0 Å². The van der Waals surface area contributed by atoms with Gasteiger partial charge in [-0.3, -0.25) is 4.79 Å². The van der Waals surface area contributed by atoms with Crippen LogP contribution >= 0.6 is 11.3 Å². The number of carbonyl (C=O) groups excluding carboxylic acids is 1. The summed E-state index contributed by atoms with van der Waals surface area (Å²) in [5.74, 6) is 0.391. The Hall–Kier alpha value is -3.37. The van der Waals surface area contributed by atoms with Crippen LogP contribution in [0.3, 0.4) is 0 Å². The minimum Gasteiger partial charge on any atom is -0.480 e. The second kappa shape index (κ2) is 9.24. The number of halogens is 1. The normalized spacial score (nSPS) is 12.2. The van der Waals surface area contributed by atoms with Crippen LogP contribution in [0.1, 0.15) is 45.3 Å². The van der Waals surface area contributed by atoms with Crippen LogP contribution in [0.2, 0.25) is 0 Å². The van der Waals surface area contributed by atoms with Crippen LogP contribution < -0.4 is 10.1 Å². The molecule has 33 heavy (non-hydrogen) atoms. The summed E-state index contributed by atoms with van der Waals surface area (Å²) in [6.45, 7) is 5.92. The lowest BCUT2D eigenvalue weighted by Crippen LogP contribution is -2.26. The van der Waals surface area contributed by atoms with Crippen LogP contribution in [-0.4, -0.2) is 39.9 Å². The third-order valence-electron chi connectivity index (χ3n) is 5.41. The summed E-state index contributed by atoms with van der Waals surface area (Å²) in [7, 11) is 3.11. The molecule has 1 unspecified atom stereocenters. The Morgan fingerprint density at radius 2 is 1.94 bits per heavy atom. The summed E-state index contributed by atoms with van der Waals surface area (Å²) in [5, 5.41) is 8.19. The molecule has 1 amide bonds. The minimum absolute atomic E-state index is 0.215. The lowest BCUT2D eigenvalue weighted by Gasteiger charge is -2.14. The van der Waals surface area contributed by atoms with E-state index in [1.165, 1.54) is 23.5 Å². The van der Waals surface area contributed by atoms with Gasteiger partial charge in [0.2, 0.25) is 5.88 Å². The van der Waals surface area contributed by atoms with E-state index in [4.69, 9.17) is 9.47 Å². The van der Waals surface area contributed by atoms with Crippen molar-refractivity contribution < 1.29 is 18.7 Å². The summed E-state index contributed by atoms with van der Waals surface area (Å²) < 4.78 is 25.6. The predicted molar refractivity (Wildman–Crippen MR) is 124 cm³/mol. The van der Waals surface area contributed by atoms with Crippen molar-refractivity contribution in [1.82, 2.24) is 25.1 Å². The smallest absolute Gasteiger partial charge is 0.262 e. The first kappa shape index (κ1) is 22.8. The standard InChI is InChI=1S/C23H24FN5O3S/c1-12-19-22(32-5)27-18(11-31-4)28-23(19)33-20(12)21(30)26-13(2)17-10-25-29(14(17)3)16-8-6-15(24)7-9-16/h6-10,13H,11H2,1-5H3,(H,26,30). The topological polar surface area (TPSA) is 91.2 Å². The van der Waals surface area contributed by atoms with Gasteiger partial charge in [0.15, 0.2) is 5.82 Å². The second-order valence-corrected chi connectivity index (χ2v) is 8.59. The molecule has 0 saturated heterocycles. The Kier molecular flexibility index (Phi) is 6.39. The van der Waals surface area contributed by atoms with Gasteiger partial charge in [-0.1, -0.05) is 0 Å². The Labute approximate surface area is 194 Å². The number of methoxy groups -OCH3 is 2. The number of thiophene rings is 1. The number of aromatic nitrogens is 4. The number of rotatable bonds is 7. The molecule has 3 aromatic heterocycles. The van der Waals surface area contributed by atoms with Gasteiger partial charge >= 0.3 is 0 Å². The first-order valence-electron chi connectivity index (χ1n) is 10.3. The van der Waals surface area contributed by atoms with E-state index in [2.05, 4.69) is 20.4 Å². The summed E-state index contributed by atoms with van der Waals surface area (Å²) in [5.41, 5.74) is 3.24. The van der Waals surface area contributed by atoms with Crippen molar-refractivity contribution in [3.05, 3.63) is 63.8 Å². The van der Waals surface area contributed by atoms with Gasteiger partial charge in [0.05, 0.1) is 35.3 Å². The van der Waals surface area contributed by atoms with Gasteiger partial charge < -0.3 is 14.8 Å². The van der Waals surface area contributed by atoms with E-state index in [1.807, 2.05) is 20.8 Å². The maximum absolute atomic E-state index is 13.3. The highest BCUT2D eigenvalue weighted by Crippen LogP contribution is 2.35. The minimum atomic E-state index is -0.307. The summed E-state index contributed by atoms with van der Waals surface area (Å²) in [6.07, 6.45) is 1.72. The lowest BCUT2D eigenvalue weighted by atomic mass is 10.1. The predicted octanol–water partition coefficient (Wildman–Crippen LogP) is 4.28. The number of nitrogens with zero attached hydrogens (tertiary/aromatic N) is 4. The SMILES string of the molecule is COCc1nc(OC)c2c(C)c(C(=O)NC(C)c3cnn(-c4ccc(F)cc4)c3C)sc2n1. The molecule has 4 rings (SSSR count). The number of aryl methyl sites for hydroxylation is 1. The zero-order valence-corrected chi connectivity index (χ0v) is 19.8. The van der Waals surface area contributed by atoms with E-state index in [1.54, 1.807) is 37.2 Å². The molecule has 0 aliphatic carbocycles. The molecule has 4 aromatic rings. The second-order valence-electron chi connectivity index (χ2n) is 7.59. The molecule has 8 nitrogen and oxygen atoms in total. The lowest BCUT2D eigenvalue weighted by molar-refractivity contribution is 0.0943. The number of fused-ring (bicyclic) bond motifs is 1. The summed E-state index contributed by atoms with van der Waals surface area (Å²) in [4.78, 5) is 23.3. The first-order chi connectivity index (χ1) is 15.8. The monoisotopic (exact) mass is 469 g/mol. The number of hydrogen-bond donors (Lipinski definition) is 1. The van der Waals surface area contributed by atoms with Gasteiger partial charge in [0.25, 0.3) is 5.91 Å². The fourth-order valence-electron chi connectivity index (χ4n) is 3.73. The average Bonchev–Trinajstić information content (AvgIpc) is 3.34. The molecular weight excluding hydrogens is 445 g/mol. The molecule has 0 spiro atoms. The van der Waals surface area contributed by atoms with Crippen molar-refractivity contribution in [2.75, 3.05) is 14.2 Å². The largest absolute Gasteiger partial charge is 0.480 e. The maximum atomic E-state index is 13.3. The van der Waals surface area contributed by atoms with Crippen LogP contribution in [0.15, 0.2) is 30.5 Å². The number of amides is 1. The number of benzene rings is 1. The van der Waals surface area contributed by atoms with E-state index in [9.17, 15) is 9.18 Å². The molecular formula is C23H24FN5O3S. The number of ether oxygens (including phenoxy) is 2. The molecule has 172 valence electrons. The molecule has 0 radical (unpaired) electrons. The fraction of sp³-hybridized carbons (Fsp3) is 0.304. The Morgan fingerprint density at radius 3 is 2.61 bits per heavy atom. The highest BCUT2D eigenvalue weighted by Gasteiger charge is 2.23. The Bertz CT molecular complexity index is 1320. The molecule has 1 N–H and O–H groups in total. The van der Waals surface area contributed by atoms with Crippen molar-refractivity contribution in [3.63, 3.8) is 0 Å². The van der Waals surface area contributed by atoms with Crippen LogP contribution in [0.5, 0.6) is 5.88 Å². The van der Waals surface area contributed by atoms with Crippen LogP contribution in [0.25, 0.3) is 15.9 Å². The van der Waals surface area contributed by atoms with E-state index >= 15 is 0 Å². The van der Waals surface area contributed by atoms with Gasteiger partial charge in [-0.15, -0.1) is 11.3 Å². The van der Waals surface area contributed by atoms with Gasteiger partial charge in [-0.25, -0.2) is 14.1 Å². The molecule has 3 heterocycles. The van der Waals surface area contributed by atoms with Crippen LogP contribution in [0, 0.1) is 19.7 Å². The number of hydrogen-bond acceptors (Lipinski definition) is 7. The fourth-order valence-corrected chi connectivity index (χ4v) is 4.83. The third-order valence-corrected chi connectivity index (χ3v) is 6.59. The Morgan fingerprint density at radius 1 is 1.21 bits per heavy atom. The van der Waals surface area contributed by atoms with Gasteiger partial charge in [0, 0.05) is 18.4 Å². The zero-order valence-electron chi connectivity index (χ0n) is 19.0. The molecule has 0 aliphatic heterocycles. The van der Waals surface area contributed by atoms with Gasteiger partial charge in [-0.05, 0) is 50.6 Å². The zero-order chi connectivity index (χ0) is 23.7. The van der Waals surface area contributed by atoms with Crippen LogP contribution in [0.4, 0.5) is 4.39 Å². The van der Waals surface area contributed by atoms with Crippen LogP contribution in [-0.2, 0) is 11.3 Å². The van der Waals surface area contributed by atoms with E-state index in [-0.39, 0.29) is 24.4 Å². The highest BCUT2D eigenvalue weighted by atomic mass is 32.1. The van der Waals surface area contributed by atoms with Crippen molar-refractivity contribution in [3.8, 4) is 11.6 Å². The number of nitrogens with one attached hydrogen (secondary N) is 1. The molecule has 0 bridgehead atoms. The van der Waals surface area contributed by atoms with E-state index in [0.29, 0.717) is 21.4 Å². The molecule has 10 heteroatoms. The molecule has 1 aromatic carbocycles. The van der Waals surface area contributed by atoms with Gasteiger partial charge in [0.1, 0.15) is 17.3 Å². The van der Waals surface area contributed by atoms with E-state index < -0.39 is 0 Å². The summed E-state index contributed by atoms with van der Waals surface area (Å²) >= 11 is 1.29. The van der Waals surface area contributed by atoms with E-state index in [0.717, 1.165) is 27.9 Å². The summed E-state index contributed by atoms with van der Waals surface area (Å²) in [6, 6.07) is 5.81. The highest BCUT2D eigenvalue weighted by molar-refractivity contribution is 7.20.